The molecule has 0 bridgehead atoms. The van der Waals surface area contributed by atoms with E-state index in [4.69, 9.17) is 0 Å². The Balaban J connectivity index is 2.34. The van der Waals surface area contributed by atoms with E-state index in [0.29, 0.717) is 12.0 Å². The van der Waals surface area contributed by atoms with Crippen LogP contribution < -0.4 is 5.32 Å². The number of hydrogen-bond acceptors (Lipinski definition) is 1. The van der Waals surface area contributed by atoms with Crippen molar-refractivity contribution in [2.75, 3.05) is 7.05 Å². The summed E-state index contributed by atoms with van der Waals surface area (Å²) in [5, 5.41) is 3.44. The Kier molecular flexibility index (Phi) is 3.65. The van der Waals surface area contributed by atoms with Gasteiger partial charge in [0.05, 0.1) is 0 Å². The highest BCUT2D eigenvalue weighted by atomic mass is 14.9. The monoisotopic (exact) mass is 217 g/mol. The second-order valence-electron chi connectivity index (χ2n) is 5.00. The van der Waals surface area contributed by atoms with Crippen LogP contribution in [-0.4, -0.2) is 7.05 Å². The number of aryl methyl sites for hydroxylation is 1. The zero-order chi connectivity index (χ0) is 11.5. The highest BCUT2D eigenvalue weighted by Crippen LogP contribution is 2.32. The zero-order valence-electron chi connectivity index (χ0n) is 10.7. The fraction of sp³-hybridized carbons (Fsp3) is 0.600. The van der Waals surface area contributed by atoms with Crippen molar-refractivity contribution in [3.8, 4) is 0 Å². The Bertz CT molecular complexity index is 356. The molecule has 1 aliphatic rings. The molecule has 1 aromatic carbocycles. The van der Waals surface area contributed by atoms with Crippen molar-refractivity contribution >= 4 is 0 Å². The molecule has 16 heavy (non-hydrogen) atoms. The predicted octanol–water partition coefficient (Wildman–Crippen LogP) is 3.80. The van der Waals surface area contributed by atoms with E-state index in [1.165, 1.54) is 31.2 Å². The highest BCUT2D eigenvalue weighted by molar-refractivity contribution is 5.37. The summed E-state index contributed by atoms with van der Waals surface area (Å²) in [6.45, 7) is 4.58. The van der Waals surface area contributed by atoms with Crippen molar-refractivity contribution in [2.24, 2.45) is 0 Å². The van der Waals surface area contributed by atoms with Gasteiger partial charge >= 0.3 is 0 Å². The number of nitrogens with one attached hydrogen (secondary N) is 1. The highest BCUT2D eigenvalue weighted by Gasteiger charge is 2.19. The van der Waals surface area contributed by atoms with Crippen LogP contribution in [0.5, 0.6) is 0 Å². The van der Waals surface area contributed by atoms with Gasteiger partial charge in [0.1, 0.15) is 0 Å². The number of benzene rings is 1. The quantitative estimate of drug-likeness (QED) is 0.812. The van der Waals surface area contributed by atoms with Crippen LogP contribution in [0.25, 0.3) is 0 Å². The van der Waals surface area contributed by atoms with Gasteiger partial charge in [0.25, 0.3) is 0 Å². The molecule has 0 saturated carbocycles. The Morgan fingerprint density at radius 1 is 1.44 bits per heavy atom. The molecule has 0 aliphatic heterocycles. The molecule has 1 aliphatic carbocycles. The molecule has 0 amide bonds. The van der Waals surface area contributed by atoms with E-state index in [1.807, 2.05) is 0 Å². The van der Waals surface area contributed by atoms with Gasteiger partial charge < -0.3 is 5.32 Å². The lowest BCUT2D eigenvalue weighted by Gasteiger charge is -2.26. The minimum Gasteiger partial charge on any atom is -0.313 e. The average Bonchev–Trinajstić information content (AvgIpc) is 2.36. The lowest BCUT2D eigenvalue weighted by molar-refractivity contribution is 0.495. The van der Waals surface area contributed by atoms with Gasteiger partial charge in [-0.2, -0.15) is 0 Å². The third-order valence-electron chi connectivity index (χ3n) is 4.01. The summed E-state index contributed by atoms with van der Waals surface area (Å²) in [6.07, 6.45) is 5.09. The van der Waals surface area contributed by atoms with Gasteiger partial charge in [-0.25, -0.2) is 0 Å². The standard InChI is InChI=1S/C15H23N/c1-4-11(2)13-9-8-12-6-5-7-15(16-3)14(12)10-13/h8-11,15-16H,4-7H2,1-3H3. The summed E-state index contributed by atoms with van der Waals surface area (Å²) in [5.74, 6) is 0.685. The van der Waals surface area contributed by atoms with Gasteiger partial charge in [-0.1, -0.05) is 32.0 Å². The SMILES string of the molecule is CCC(C)c1ccc2c(c1)C(NC)CCC2. The second kappa shape index (κ2) is 5.01. The summed E-state index contributed by atoms with van der Waals surface area (Å²) in [7, 11) is 2.08. The summed E-state index contributed by atoms with van der Waals surface area (Å²) < 4.78 is 0. The molecule has 1 aromatic rings. The molecule has 2 unspecified atom stereocenters. The number of fused-ring (bicyclic) bond motifs is 1. The molecule has 2 atom stereocenters. The third kappa shape index (κ3) is 2.15. The van der Waals surface area contributed by atoms with Crippen LogP contribution in [0.4, 0.5) is 0 Å². The second-order valence-corrected chi connectivity index (χ2v) is 5.00. The van der Waals surface area contributed by atoms with Gasteiger partial charge in [-0.05, 0) is 55.3 Å². The molecule has 0 heterocycles. The van der Waals surface area contributed by atoms with Gasteiger partial charge in [0.2, 0.25) is 0 Å². The lowest BCUT2D eigenvalue weighted by atomic mass is 9.84. The fourth-order valence-corrected chi connectivity index (χ4v) is 2.66. The molecule has 1 heteroatoms. The molecule has 1 N–H and O–H groups in total. The Hall–Kier alpha value is -0.820. The molecule has 0 saturated heterocycles. The summed E-state index contributed by atoms with van der Waals surface area (Å²) in [4.78, 5) is 0. The Morgan fingerprint density at radius 2 is 2.25 bits per heavy atom. The van der Waals surface area contributed by atoms with Crippen LogP contribution in [-0.2, 0) is 6.42 Å². The maximum absolute atomic E-state index is 3.44. The predicted molar refractivity (Wildman–Crippen MR) is 69.9 cm³/mol. The van der Waals surface area contributed by atoms with Crippen molar-refractivity contribution in [1.82, 2.24) is 5.32 Å². The largest absolute Gasteiger partial charge is 0.313 e. The zero-order valence-corrected chi connectivity index (χ0v) is 10.7. The van der Waals surface area contributed by atoms with Crippen LogP contribution in [0.1, 0.15) is 61.8 Å². The van der Waals surface area contributed by atoms with Gasteiger partial charge in [0.15, 0.2) is 0 Å². The Morgan fingerprint density at radius 3 is 2.94 bits per heavy atom. The van der Waals surface area contributed by atoms with Crippen molar-refractivity contribution in [3.63, 3.8) is 0 Å². The number of rotatable bonds is 3. The minimum absolute atomic E-state index is 0.577. The minimum atomic E-state index is 0.577. The first-order valence-corrected chi connectivity index (χ1v) is 6.56. The smallest absolute Gasteiger partial charge is 0.0320 e. The first-order valence-electron chi connectivity index (χ1n) is 6.56. The van der Waals surface area contributed by atoms with Gasteiger partial charge in [-0.3, -0.25) is 0 Å². The number of hydrogen-bond donors (Lipinski definition) is 1. The molecule has 0 spiro atoms. The van der Waals surface area contributed by atoms with E-state index in [-0.39, 0.29) is 0 Å². The molecule has 0 fully saturated rings. The third-order valence-corrected chi connectivity index (χ3v) is 4.01. The van der Waals surface area contributed by atoms with E-state index in [9.17, 15) is 0 Å². The first-order chi connectivity index (χ1) is 7.76. The van der Waals surface area contributed by atoms with Crippen molar-refractivity contribution in [2.45, 2.75) is 51.5 Å². The summed E-state index contributed by atoms with van der Waals surface area (Å²) >= 11 is 0. The van der Waals surface area contributed by atoms with Crippen molar-refractivity contribution in [3.05, 3.63) is 34.9 Å². The van der Waals surface area contributed by atoms with Gasteiger partial charge in [0, 0.05) is 6.04 Å². The molecule has 88 valence electrons. The van der Waals surface area contributed by atoms with E-state index in [2.05, 4.69) is 44.4 Å². The summed E-state index contributed by atoms with van der Waals surface area (Å²) in [5.41, 5.74) is 4.60. The van der Waals surface area contributed by atoms with Crippen molar-refractivity contribution in [1.29, 1.82) is 0 Å². The normalized spacial score (nSPS) is 21.6. The molecule has 0 radical (unpaired) electrons. The molecule has 2 rings (SSSR count). The van der Waals surface area contributed by atoms with E-state index >= 15 is 0 Å². The van der Waals surface area contributed by atoms with E-state index in [0.717, 1.165) is 0 Å². The average molecular weight is 217 g/mol. The topological polar surface area (TPSA) is 12.0 Å². The molecular weight excluding hydrogens is 194 g/mol. The van der Waals surface area contributed by atoms with E-state index in [1.54, 1.807) is 11.1 Å². The van der Waals surface area contributed by atoms with Crippen molar-refractivity contribution < 1.29 is 0 Å². The molecule has 1 nitrogen and oxygen atoms in total. The van der Waals surface area contributed by atoms with Crippen LogP contribution in [0, 0.1) is 0 Å². The first kappa shape index (κ1) is 11.7. The maximum atomic E-state index is 3.44. The van der Waals surface area contributed by atoms with Crippen LogP contribution in [0.3, 0.4) is 0 Å². The van der Waals surface area contributed by atoms with Crippen LogP contribution in [0.15, 0.2) is 18.2 Å². The fourth-order valence-electron chi connectivity index (χ4n) is 2.66. The Labute approximate surface area is 99.3 Å². The molecular formula is C15H23N. The maximum Gasteiger partial charge on any atom is 0.0320 e. The molecule has 0 aromatic heterocycles. The summed E-state index contributed by atoms with van der Waals surface area (Å²) in [6, 6.07) is 7.68. The van der Waals surface area contributed by atoms with E-state index < -0.39 is 0 Å². The van der Waals surface area contributed by atoms with Crippen LogP contribution >= 0.6 is 0 Å². The van der Waals surface area contributed by atoms with Gasteiger partial charge in [-0.15, -0.1) is 0 Å². The van der Waals surface area contributed by atoms with Crippen LogP contribution in [0.2, 0.25) is 0 Å². The lowest BCUT2D eigenvalue weighted by Crippen LogP contribution is -2.21.